The van der Waals surface area contributed by atoms with Gasteiger partial charge in [0, 0.05) is 37.1 Å². The maximum absolute atomic E-state index is 4.81. The van der Waals surface area contributed by atoms with Gasteiger partial charge in [-0.25, -0.2) is 9.97 Å². The molecule has 5 heterocycles. The number of hydrogen-bond donors (Lipinski definition) is 0. The van der Waals surface area contributed by atoms with Crippen LogP contribution in [-0.2, 0) is 5.41 Å². The number of nitrogens with zero attached hydrogens (tertiary/aromatic N) is 9. The van der Waals surface area contributed by atoms with Crippen LogP contribution in [0.25, 0.3) is 16.6 Å². The van der Waals surface area contributed by atoms with Crippen molar-refractivity contribution in [3.8, 4) is 0 Å². The van der Waals surface area contributed by atoms with Gasteiger partial charge in [0.1, 0.15) is 18.0 Å². The van der Waals surface area contributed by atoms with Crippen molar-refractivity contribution < 1.29 is 0 Å². The molecule has 29 heavy (non-hydrogen) atoms. The molecule has 0 amide bonds. The Morgan fingerprint density at radius 2 is 1.90 bits per heavy atom. The van der Waals surface area contributed by atoms with E-state index in [1.54, 1.807) is 18.7 Å². The summed E-state index contributed by atoms with van der Waals surface area (Å²) in [4.78, 5) is 17.5. The number of pyridine rings is 1. The Balaban J connectivity index is 1.38. The van der Waals surface area contributed by atoms with E-state index in [2.05, 4.69) is 62.8 Å². The number of aromatic nitrogens is 7. The number of fused-ring (bicyclic) bond motifs is 2. The van der Waals surface area contributed by atoms with E-state index in [1.165, 1.54) is 0 Å². The molecule has 0 N–H and O–H groups in total. The van der Waals surface area contributed by atoms with Crippen molar-refractivity contribution in [2.24, 2.45) is 0 Å². The molecule has 4 aromatic heterocycles. The maximum atomic E-state index is 4.81. The van der Waals surface area contributed by atoms with E-state index in [0.717, 1.165) is 47.1 Å². The molecule has 1 aliphatic heterocycles. The molecule has 0 spiro atoms. The van der Waals surface area contributed by atoms with Gasteiger partial charge < -0.3 is 9.80 Å². The Morgan fingerprint density at radius 1 is 1.07 bits per heavy atom. The van der Waals surface area contributed by atoms with Crippen LogP contribution < -0.4 is 9.80 Å². The van der Waals surface area contributed by atoms with E-state index in [4.69, 9.17) is 5.10 Å². The molecule has 9 heteroatoms. The highest BCUT2D eigenvalue weighted by molar-refractivity contribution is 5.88. The van der Waals surface area contributed by atoms with Crippen LogP contribution >= 0.6 is 0 Å². The molecule has 4 aromatic rings. The largest absolute Gasteiger partial charge is 0.353 e. The Morgan fingerprint density at radius 3 is 2.69 bits per heavy atom. The van der Waals surface area contributed by atoms with Crippen molar-refractivity contribution in [2.45, 2.75) is 32.2 Å². The van der Waals surface area contributed by atoms with E-state index in [-0.39, 0.29) is 5.41 Å². The SMILES string of the molecule is CN(c1ncnc2cnccc12)C1CN(c2ccc3nnc(C(C)(C)C)n3n2)C1. The van der Waals surface area contributed by atoms with Gasteiger partial charge in [-0.3, -0.25) is 4.98 Å². The minimum absolute atomic E-state index is 0.119. The average Bonchev–Trinajstić information content (AvgIpc) is 3.10. The first-order valence-electron chi connectivity index (χ1n) is 9.67. The number of anilines is 2. The second kappa shape index (κ2) is 6.33. The molecule has 0 radical (unpaired) electrons. The average molecular weight is 389 g/mol. The standard InChI is InChI=1S/C20H23N9/c1-20(2,3)19-25-24-16-5-6-17(26-29(16)19)28-10-13(11-28)27(4)18-14-7-8-21-9-15(14)22-12-23-18/h5-9,12-13H,10-11H2,1-4H3. The summed E-state index contributed by atoms with van der Waals surface area (Å²) in [5, 5.41) is 14.4. The van der Waals surface area contributed by atoms with Crippen molar-refractivity contribution >= 4 is 28.2 Å². The second-order valence-electron chi connectivity index (χ2n) is 8.49. The normalized spacial score (nSPS) is 15.1. The molecule has 0 atom stereocenters. The topological polar surface area (TPSA) is 88.2 Å². The van der Waals surface area contributed by atoms with Crippen LogP contribution in [0.1, 0.15) is 26.6 Å². The first-order valence-corrected chi connectivity index (χ1v) is 9.67. The van der Waals surface area contributed by atoms with Crippen molar-refractivity contribution in [3.63, 3.8) is 0 Å². The molecule has 0 aliphatic carbocycles. The van der Waals surface area contributed by atoms with Gasteiger partial charge in [-0.05, 0) is 18.2 Å². The zero-order valence-electron chi connectivity index (χ0n) is 17.0. The Kier molecular flexibility index (Phi) is 3.87. The summed E-state index contributed by atoms with van der Waals surface area (Å²) < 4.78 is 1.86. The Hall–Kier alpha value is -3.36. The van der Waals surface area contributed by atoms with Gasteiger partial charge in [0.05, 0.1) is 17.8 Å². The van der Waals surface area contributed by atoms with Gasteiger partial charge in [0.2, 0.25) is 0 Å². The summed E-state index contributed by atoms with van der Waals surface area (Å²) in [5.74, 6) is 2.73. The fraction of sp³-hybridized carbons (Fsp3) is 0.400. The minimum atomic E-state index is -0.119. The zero-order valence-corrected chi connectivity index (χ0v) is 17.0. The quantitative estimate of drug-likeness (QED) is 0.526. The smallest absolute Gasteiger partial charge is 0.178 e. The zero-order chi connectivity index (χ0) is 20.2. The van der Waals surface area contributed by atoms with Gasteiger partial charge in [0.25, 0.3) is 0 Å². The summed E-state index contributed by atoms with van der Waals surface area (Å²) in [6, 6.07) is 6.31. The molecule has 148 valence electrons. The highest BCUT2D eigenvalue weighted by atomic mass is 15.4. The Bertz CT molecular complexity index is 1180. The molecule has 5 rings (SSSR count). The van der Waals surface area contributed by atoms with E-state index >= 15 is 0 Å². The van der Waals surface area contributed by atoms with Gasteiger partial charge in [-0.15, -0.1) is 15.3 Å². The van der Waals surface area contributed by atoms with Gasteiger partial charge in [0.15, 0.2) is 11.5 Å². The first kappa shape index (κ1) is 17.7. The second-order valence-corrected chi connectivity index (χ2v) is 8.49. The molecule has 0 saturated carbocycles. The van der Waals surface area contributed by atoms with Crippen LogP contribution in [0.2, 0.25) is 0 Å². The van der Waals surface area contributed by atoms with E-state index in [0.29, 0.717) is 6.04 Å². The van der Waals surface area contributed by atoms with Gasteiger partial charge in [-0.2, -0.15) is 4.52 Å². The summed E-state index contributed by atoms with van der Waals surface area (Å²) in [6.07, 6.45) is 5.15. The third-order valence-corrected chi connectivity index (χ3v) is 5.41. The van der Waals surface area contributed by atoms with Crippen LogP contribution in [-0.4, -0.2) is 60.9 Å². The fourth-order valence-corrected chi connectivity index (χ4v) is 3.65. The third-order valence-electron chi connectivity index (χ3n) is 5.41. The molecule has 0 aromatic carbocycles. The lowest BCUT2D eigenvalue weighted by Gasteiger charge is -2.45. The van der Waals surface area contributed by atoms with E-state index in [1.807, 2.05) is 22.7 Å². The predicted octanol–water partition coefficient (Wildman–Crippen LogP) is 2.08. The van der Waals surface area contributed by atoms with Gasteiger partial charge >= 0.3 is 0 Å². The highest BCUT2D eigenvalue weighted by Crippen LogP contribution is 2.28. The molecule has 1 saturated heterocycles. The lowest BCUT2D eigenvalue weighted by atomic mass is 9.96. The fourth-order valence-electron chi connectivity index (χ4n) is 3.65. The highest BCUT2D eigenvalue weighted by Gasteiger charge is 2.33. The molecule has 1 fully saturated rings. The van der Waals surface area contributed by atoms with Crippen LogP contribution in [0.5, 0.6) is 0 Å². The van der Waals surface area contributed by atoms with Crippen molar-refractivity contribution in [2.75, 3.05) is 29.9 Å². The van der Waals surface area contributed by atoms with Crippen LogP contribution in [0.15, 0.2) is 36.9 Å². The van der Waals surface area contributed by atoms with Gasteiger partial charge in [-0.1, -0.05) is 20.8 Å². The van der Waals surface area contributed by atoms with Crippen LogP contribution in [0, 0.1) is 0 Å². The third kappa shape index (κ3) is 2.93. The van der Waals surface area contributed by atoms with Crippen molar-refractivity contribution in [3.05, 3.63) is 42.7 Å². The number of likely N-dealkylation sites (N-methyl/N-ethyl adjacent to an activating group) is 1. The molecule has 9 nitrogen and oxygen atoms in total. The van der Waals surface area contributed by atoms with Crippen molar-refractivity contribution in [1.82, 2.24) is 34.8 Å². The Labute approximate surface area is 168 Å². The number of hydrogen-bond acceptors (Lipinski definition) is 8. The molecular formula is C20H23N9. The summed E-state index contributed by atoms with van der Waals surface area (Å²) >= 11 is 0. The van der Waals surface area contributed by atoms with E-state index in [9.17, 15) is 0 Å². The lowest BCUT2D eigenvalue weighted by Crippen LogP contribution is -2.59. The molecule has 0 unspecified atom stereocenters. The summed E-state index contributed by atoms with van der Waals surface area (Å²) in [7, 11) is 2.08. The molecule has 0 bridgehead atoms. The van der Waals surface area contributed by atoms with Crippen molar-refractivity contribution in [1.29, 1.82) is 0 Å². The predicted molar refractivity (Wildman–Crippen MR) is 111 cm³/mol. The monoisotopic (exact) mass is 389 g/mol. The lowest BCUT2D eigenvalue weighted by molar-refractivity contribution is 0.483. The molecular weight excluding hydrogens is 366 g/mol. The first-order chi connectivity index (χ1) is 13.9. The number of rotatable bonds is 3. The summed E-state index contributed by atoms with van der Waals surface area (Å²) in [6.45, 7) is 8.10. The molecule has 1 aliphatic rings. The van der Waals surface area contributed by atoms with Crippen LogP contribution in [0.3, 0.4) is 0 Å². The van der Waals surface area contributed by atoms with E-state index < -0.39 is 0 Å². The van der Waals surface area contributed by atoms with Crippen LogP contribution in [0.4, 0.5) is 11.6 Å². The summed E-state index contributed by atoms with van der Waals surface area (Å²) in [5.41, 5.74) is 1.51. The maximum Gasteiger partial charge on any atom is 0.178 e. The minimum Gasteiger partial charge on any atom is -0.353 e.